The van der Waals surface area contributed by atoms with Crippen LogP contribution in [0.2, 0.25) is 5.02 Å². The molecule has 112 valence electrons. The molecule has 1 heterocycles. The fraction of sp³-hybridized carbons (Fsp3) is 0.286. The van der Waals surface area contributed by atoms with Gasteiger partial charge in [0, 0.05) is 12.6 Å². The standard InChI is InChI=1S/C14H15ClN2O4/c1-17-12(11(20-3)7-16-17)13(18)8-5-9(15)14(21-4)10(6-8)19-2/h5-7H,1-4H3. The molecule has 0 saturated heterocycles. The summed E-state index contributed by atoms with van der Waals surface area (Å²) in [6.07, 6.45) is 1.48. The molecule has 0 N–H and O–H groups in total. The van der Waals surface area contributed by atoms with Gasteiger partial charge in [0.05, 0.1) is 32.5 Å². The molecule has 1 aromatic heterocycles. The van der Waals surface area contributed by atoms with Gasteiger partial charge in [-0.15, -0.1) is 0 Å². The van der Waals surface area contributed by atoms with E-state index in [4.69, 9.17) is 25.8 Å². The number of halogens is 1. The van der Waals surface area contributed by atoms with Gasteiger partial charge in [-0.3, -0.25) is 9.48 Å². The van der Waals surface area contributed by atoms with Crippen molar-refractivity contribution in [2.75, 3.05) is 21.3 Å². The van der Waals surface area contributed by atoms with Gasteiger partial charge in [-0.05, 0) is 12.1 Å². The number of hydrogen-bond acceptors (Lipinski definition) is 5. The molecule has 2 aromatic rings. The van der Waals surface area contributed by atoms with Crippen LogP contribution in [-0.4, -0.2) is 36.9 Å². The molecule has 0 amide bonds. The minimum Gasteiger partial charge on any atom is -0.493 e. The Balaban J connectivity index is 2.54. The van der Waals surface area contributed by atoms with Gasteiger partial charge < -0.3 is 14.2 Å². The van der Waals surface area contributed by atoms with Crippen molar-refractivity contribution in [1.82, 2.24) is 9.78 Å². The number of ketones is 1. The Morgan fingerprint density at radius 2 is 1.81 bits per heavy atom. The zero-order chi connectivity index (χ0) is 15.6. The molecule has 0 fully saturated rings. The van der Waals surface area contributed by atoms with E-state index in [1.54, 1.807) is 13.1 Å². The number of ether oxygens (including phenoxy) is 3. The summed E-state index contributed by atoms with van der Waals surface area (Å²) in [6.45, 7) is 0. The van der Waals surface area contributed by atoms with Gasteiger partial charge in [0.2, 0.25) is 5.78 Å². The molecule has 21 heavy (non-hydrogen) atoms. The molecular formula is C14H15ClN2O4. The number of methoxy groups -OCH3 is 3. The van der Waals surface area contributed by atoms with E-state index in [-0.39, 0.29) is 5.78 Å². The average molecular weight is 311 g/mol. The Bertz CT molecular complexity index is 682. The maximum Gasteiger partial charge on any atom is 0.215 e. The lowest BCUT2D eigenvalue weighted by Crippen LogP contribution is -2.10. The maximum atomic E-state index is 12.6. The van der Waals surface area contributed by atoms with E-state index in [2.05, 4.69) is 5.10 Å². The van der Waals surface area contributed by atoms with Crippen LogP contribution in [0.1, 0.15) is 16.1 Å². The number of aromatic nitrogens is 2. The number of benzene rings is 1. The van der Waals surface area contributed by atoms with Crippen molar-refractivity contribution in [3.63, 3.8) is 0 Å². The lowest BCUT2D eigenvalue weighted by atomic mass is 10.1. The first-order valence-electron chi connectivity index (χ1n) is 6.05. The van der Waals surface area contributed by atoms with Crippen molar-refractivity contribution >= 4 is 17.4 Å². The van der Waals surface area contributed by atoms with Gasteiger partial charge >= 0.3 is 0 Å². The van der Waals surface area contributed by atoms with Gasteiger partial charge in [-0.2, -0.15) is 5.10 Å². The Hall–Kier alpha value is -2.21. The van der Waals surface area contributed by atoms with E-state index in [0.717, 1.165) is 0 Å². The fourth-order valence-electron chi connectivity index (χ4n) is 2.01. The second-order valence-electron chi connectivity index (χ2n) is 4.21. The van der Waals surface area contributed by atoms with Crippen LogP contribution in [0.3, 0.4) is 0 Å². The highest BCUT2D eigenvalue weighted by Gasteiger charge is 2.22. The minimum atomic E-state index is -0.269. The van der Waals surface area contributed by atoms with Crippen LogP contribution in [0.4, 0.5) is 0 Å². The molecule has 0 atom stereocenters. The second kappa shape index (κ2) is 6.05. The quantitative estimate of drug-likeness (QED) is 0.793. The molecule has 0 aliphatic heterocycles. The van der Waals surface area contributed by atoms with E-state index in [1.165, 1.54) is 38.3 Å². The Labute approximate surface area is 127 Å². The van der Waals surface area contributed by atoms with Gasteiger partial charge in [-0.25, -0.2) is 0 Å². The summed E-state index contributed by atoms with van der Waals surface area (Å²) in [7, 11) is 6.11. The molecule has 7 heteroatoms. The monoisotopic (exact) mass is 310 g/mol. The molecule has 1 aromatic carbocycles. The van der Waals surface area contributed by atoms with Crippen LogP contribution in [0, 0.1) is 0 Å². The van der Waals surface area contributed by atoms with Crippen LogP contribution >= 0.6 is 11.6 Å². The Morgan fingerprint density at radius 3 is 2.38 bits per heavy atom. The van der Waals surface area contributed by atoms with Crippen LogP contribution in [0.25, 0.3) is 0 Å². The third kappa shape index (κ3) is 2.67. The number of hydrogen-bond donors (Lipinski definition) is 0. The number of aryl methyl sites for hydroxylation is 1. The van der Waals surface area contributed by atoms with Crippen molar-refractivity contribution in [3.8, 4) is 17.2 Å². The molecule has 0 spiro atoms. The zero-order valence-corrected chi connectivity index (χ0v) is 12.9. The summed E-state index contributed by atoms with van der Waals surface area (Å²) in [5.41, 5.74) is 0.695. The van der Waals surface area contributed by atoms with Gasteiger partial charge in [0.25, 0.3) is 0 Å². The predicted molar refractivity (Wildman–Crippen MR) is 77.7 cm³/mol. The number of rotatable bonds is 5. The molecular weight excluding hydrogens is 296 g/mol. The maximum absolute atomic E-state index is 12.6. The van der Waals surface area contributed by atoms with E-state index >= 15 is 0 Å². The largest absolute Gasteiger partial charge is 0.493 e. The summed E-state index contributed by atoms with van der Waals surface area (Å²) in [4.78, 5) is 12.6. The topological polar surface area (TPSA) is 62.6 Å². The third-order valence-electron chi connectivity index (χ3n) is 3.04. The molecule has 0 unspecified atom stereocenters. The smallest absolute Gasteiger partial charge is 0.215 e. The average Bonchev–Trinajstić information content (AvgIpc) is 2.86. The molecule has 0 aliphatic carbocycles. The van der Waals surface area contributed by atoms with Crippen LogP contribution < -0.4 is 14.2 Å². The van der Waals surface area contributed by atoms with Gasteiger partial charge in [0.1, 0.15) is 0 Å². The minimum absolute atomic E-state index is 0.269. The summed E-state index contributed by atoms with van der Waals surface area (Å²) in [5, 5.41) is 4.31. The van der Waals surface area contributed by atoms with Crippen molar-refractivity contribution < 1.29 is 19.0 Å². The van der Waals surface area contributed by atoms with Crippen LogP contribution in [-0.2, 0) is 7.05 Å². The summed E-state index contributed by atoms with van der Waals surface area (Å²) >= 11 is 6.12. The van der Waals surface area contributed by atoms with Crippen molar-refractivity contribution in [3.05, 3.63) is 34.6 Å². The highest BCUT2D eigenvalue weighted by Crippen LogP contribution is 2.37. The van der Waals surface area contributed by atoms with Crippen molar-refractivity contribution in [2.45, 2.75) is 0 Å². The summed E-state index contributed by atoms with van der Waals surface area (Å²) in [5.74, 6) is 0.894. The van der Waals surface area contributed by atoms with Gasteiger partial charge in [-0.1, -0.05) is 11.6 Å². The van der Waals surface area contributed by atoms with E-state index in [1.807, 2.05) is 0 Å². The third-order valence-corrected chi connectivity index (χ3v) is 3.32. The molecule has 0 saturated carbocycles. The first-order valence-corrected chi connectivity index (χ1v) is 6.43. The first kappa shape index (κ1) is 15.2. The highest BCUT2D eigenvalue weighted by molar-refractivity contribution is 6.33. The van der Waals surface area contributed by atoms with E-state index in [0.29, 0.717) is 33.5 Å². The van der Waals surface area contributed by atoms with Crippen molar-refractivity contribution in [2.24, 2.45) is 7.05 Å². The normalized spacial score (nSPS) is 10.3. The molecule has 0 radical (unpaired) electrons. The van der Waals surface area contributed by atoms with Crippen molar-refractivity contribution in [1.29, 1.82) is 0 Å². The Morgan fingerprint density at radius 1 is 1.14 bits per heavy atom. The van der Waals surface area contributed by atoms with Crippen LogP contribution in [0.5, 0.6) is 17.2 Å². The molecule has 6 nitrogen and oxygen atoms in total. The van der Waals surface area contributed by atoms with Crippen LogP contribution in [0.15, 0.2) is 18.3 Å². The highest BCUT2D eigenvalue weighted by atomic mass is 35.5. The fourth-order valence-corrected chi connectivity index (χ4v) is 2.30. The predicted octanol–water partition coefficient (Wildman–Crippen LogP) is 2.33. The molecule has 0 bridgehead atoms. The summed E-state index contributed by atoms with van der Waals surface area (Å²) in [6, 6.07) is 3.09. The first-order chi connectivity index (χ1) is 10.0. The Kier molecular flexibility index (Phi) is 4.37. The SMILES string of the molecule is COc1cc(C(=O)c2c(OC)cnn2C)cc(Cl)c1OC. The van der Waals surface area contributed by atoms with Gasteiger partial charge in [0.15, 0.2) is 22.9 Å². The zero-order valence-electron chi connectivity index (χ0n) is 12.1. The number of carbonyl (C=O) groups is 1. The second-order valence-corrected chi connectivity index (χ2v) is 4.62. The molecule has 2 rings (SSSR count). The number of nitrogens with zero attached hydrogens (tertiary/aromatic N) is 2. The summed E-state index contributed by atoms with van der Waals surface area (Å²) < 4.78 is 16.9. The van der Waals surface area contributed by atoms with E-state index < -0.39 is 0 Å². The molecule has 0 aliphatic rings. The van der Waals surface area contributed by atoms with E-state index in [9.17, 15) is 4.79 Å². The lowest BCUT2D eigenvalue weighted by Gasteiger charge is -2.11. The number of carbonyl (C=O) groups excluding carboxylic acids is 1. The lowest BCUT2D eigenvalue weighted by molar-refractivity contribution is 0.102.